The highest BCUT2D eigenvalue weighted by Gasteiger charge is 2.51. The number of aliphatic hydroxyl groups is 8. The molecule has 14 heteroatoms. The van der Waals surface area contributed by atoms with E-state index in [0.717, 1.165) is 51.4 Å². The molecule has 2 heterocycles. The predicted octanol–water partition coefficient (Wildman–Crippen LogP) is 15.2. The van der Waals surface area contributed by atoms with Crippen LogP contribution in [0.2, 0.25) is 0 Å². The van der Waals surface area contributed by atoms with Crippen LogP contribution in [0, 0.1) is 0 Å². The van der Waals surface area contributed by atoms with Crippen molar-refractivity contribution < 1.29 is 64.6 Å². The molecular weight excluding hydrogens is 1070 g/mol. The van der Waals surface area contributed by atoms with Gasteiger partial charge >= 0.3 is 0 Å². The zero-order chi connectivity index (χ0) is 61.6. The molecule has 2 fully saturated rings. The van der Waals surface area contributed by atoms with Crippen molar-refractivity contribution in [2.75, 3.05) is 19.8 Å². The largest absolute Gasteiger partial charge is 0.394 e. The molecule has 85 heavy (non-hydrogen) atoms. The normalized spacial score (nSPS) is 23.4. The Balaban J connectivity index is 1.59. The number of carbonyl (C=O) groups is 1. The molecule has 14 nitrogen and oxygen atoms in total. The second-order valence-electron chi connectivity index (χ2n) is 26.4. The monoisotopic (exact) mass is 1210 g/mol. The minimum atomic E-state index is -1.78. The lowest BCUT2D eigenvalue weighted by atomic mass is 9.97. The van der Waals surface area contributed by atoms with Crippen LogP contribution in [0.1, 0.15) is 354 Å². The van der Waals surface area contributed by atoms with Crippen molar-refractivity contribution in [3.8, 4) is 0 Å². The maximum atomic E-state index is 13.3. The van der Waals surface area contributed by atoms with Gasteiger partial charge in [0.2, 0.25) is 5.91 Å². The Morgan fingerprint density at radius 1 is 0.376 bits per heavy atom. The van der Waals surface area contributed by atoms with Gasteiger partial charge in [0.1, 0.15) is 48.8 Å². The molecule has 0 spiro atoms. The lowest BCUT2D eigenvalue weighted by Gasteiger charge is -2.46. The number of amides is 1. The number of unbranched alkanes of at least 4 members (excludes halogenated alkanes) is 49. The first kappa shape index (κ1) is 80.1. The first-order valence-electron chi connectivity index (χ1n) is 36.8. The van der Waals surface area contributed by atoms with Crippen molar-refractivity contribution in [2.45, 2.75) is 428 Å². The molecule has 0 saturated carbocycles. The van der Waals surface area contributed by atoms with Crippen molar-refractivity contribution in [1.82, 2.24) is 5.32 Å². The highest BCUT2D eigenvalue weighted by Crippen LogP contribution is 2.30. The van der Waals surface area contributed by atoms with Crippen LogP contribution in [0.25, 0.3) is 0 Å². The van der Waals surface area contributed by atoms with Crippen LogP contribution in [-0.2, 0) is 23.7 Å². The first-order valence-corrected chi connectivity index (χ1v) is 36.8. The lowest BCUT2D eigenvalue weighted by molar-refractivity contribution is -0.359. The highest BCUT2D eigenvalue weighted by molar-refractivity contribution is 5.76. The molecule has 0 aliphatic carbocycles. The molecule has 0 aromatic rings. The first-order chi connectivity index (χ1) is 41.6. The van der Waals surface area contributed by atoms with Crippen LogP contribution in [0.15, 0.2) is 0 Å². The van der Waals surface area contributed by atoms with Crippen LogP contribution in [-0.4, -0.2) is 140 Å². The van der Waals surface area contributed by atoms with Crippen molar-refractivity contribution in [2.24, 2.45) is 0 Å². The predicted molar refractivity (Wildman–Crippen MR) is 346 cm³/mol. The summed E-state index contributed by atoms with van der Waals surface area (Å²) in [5, 5.41) is 87.6. The van der Waals surface area contributed by atoms with Gasteiger partial charge in [-0.1, -0.05) is 335 Å². The van der Waals surface area contributed by atoms with E-state index in [2.05, 4.69) is 19.2 Å². The van der Waals surface area contributed by atoms with Gasteiger partial charge in [-0.25, -0.2) is 0 Å². The third kappa shape index (κ3) is 41.2. The quantitative estimate of drug-likeness (QED) is 0.0259. The van der Waals surface area contributed by atoms with Crippen LogP contribution >= 0.6 is 0 Å². The second-order valence-corrected chi connectivity index (χ2v) is 26.4. The van der Waals surface area contributed by atoms with Gasteiger partial charge in [0, 0.05) is 6.42 Å². The highest BCUT2D eigenvalue weighted by atomic mass is 16.7. The standard InChI is InChI=1S/C71H139NO13/c1-3-5-7-9-11-13-15-17-19-21-22-23-24-25-26-27-28-29-30-31-32-33-34-35-36-37-39-41-43-45-47-49-51-53-55-63(76)72-59(60(75)54-52-50-48-46-44-42-40-38-20-18-16-14-12-10-8-6-4-2)58-82-70-68(81)66(79)69(62(57-74)84-70)85-71-67(80)65(78)64(77)61(56-73)83-71/h59-62,64-71,73-75,77-81H,3-58H2,1-2H3,(H,72,76)/t59-,60+,61+,62+,64-,65?,66?,67?,68?,69+,70+,71-/m0/s1. The summed E-state index contributed by atoms with van der Waals surface area (Å²) in [4.78, 5) is 13.3. The van der Waals surface area contributed by atoms with Crippen LogP contribution in [0.4, 0.5) is 0 Å². The van der Waals surface area contributed by atoms with E-state index in [1.807, 2.05) is 0 Å². The van der Waals surface area contributed by atoms with E-state index in [0.29, 0.717) is 12.8 Å². The molecule has 2 saturated heterocycles. The number of rotatable bonds is 62. The molecule has 0 radical (unpaired) electrons. The number of hydrogen-bond acceptors (Lipinski definition) is 13. The number of hydrogen-bond donors (Lipinski definition) is 9. The van der Waals surface area contributed by atoms with E-state index in [1.165, 1.54) is 276 Å². The summed E-state index contributed by atoms with van der Waals surface area (Å²) in [5.41, 5.74) is 0. The van der Waals surface area contributed by atoms with E-state index < -0.39 is 86.8 Å². The van der Waals surface area contributed by atoms with Crippen molar-refractivity contribution in [1.29, 1.82) is 0 Å². The fraction of sp³-hybridized carbons (Fsp3) is 0.986. The zero-order valence-corrected chi connectivity index (χ0v) is 55.1. The summed E-state index contributed by atoms with van der Waals surface area (Å²) in [6.45, 7) is 2.93. The summed E-state index contributed by atoms with van der Waals surface area (Å²) in [6, 6.07) is -0.824. The molecule has 12 atom stereocenters. The summed E-state index contributed by atoms with van der Waals surface area (Å²) >= 11 is 0. The van der Waals surface area contributed by atoms with Crippen molar-refractivity contribution in [3.05, 3.63) is 0 Å². The minimum Gasteiger partial charge on any atom is -0.394 e. The smallest absolute Gasteiger partial charge is 0.220 e. The molecule has 2 aliphatic rings. The topological polar surface area (TPSA) is 228 Å². The van der Waals surface area contributed by atoms with Crippen LogP contribution in [0.3, 0.4) is 0 Å². The number of aliphatic hydroxyl groups excluding tert-OH is 8. The van der Waals surface area contributed by atoms with Crippen LogP contribution < -0.4 is 5.32 Å². The fourth-order valence-electron chi connectivity index (χ4n) is 12.7. The number of nitrogens with one attached hydrogen (secondary N) is 1. The van der Waals surface area contributed by atoms with Gasteiger partial charge in [-0.2, -0.15) is 0 Å². The summed E-state index contributed by atoms with van der Waals surface area (Å²) in [5.74, 6) is -0.197. The fourth-order valence-corrected chi connectivity index (χ4v) is 12.7. The van der Waals surface area contributed by atoms with Gasteiger partial charge in [-0.3, -0.25) is 4.79 Å². The van der Waals surface area contributed by atoms with Gasteiger partial charge in [0.05, 0.1) is 32.0 Å². The lowest BCUT2D eigenvalue weighted by Crippen LogP contribution is -2.65. The molecule has 0 bridgehead atoms. The SMILES string of the molecule is CCCCCCCCCCCCCCCCCCCCCCCCCCCCCCCCCCCCC(=O)N[C@@H](CO[C@@H]1O[C@H](CO)[C@@H](O[C@@H]2O[C@H](CO)[C@H](O)C(O)C2O)C(O)C1O)[C@H](O)CCCCCCCCCCCCCCCCCCC. The van der Waals surface area contributed by atoms with Gasteiger partial charge in [0.15, 0.2) is 12.6 Å². The maximum Gasteiger partial charge on any atom is 0.220 e. The van der Waals surface area contributed by atoms with E-state index in [-0.39, 0.29) is 12.5 Å². The van der Waals surface area contributed by atoms with E-state index in [4.69, 9.17) is 18.9 Å². The number of carbonyl (C=O) groups excluding carboxylic acids is 1. The van der Waals surface area contributed by atoms with Gasteiger partial charge in [0.25, 0.3) is 0 Å². The van der Waals surface area contributed by atoms with Gasteiger partial charge in [-0.05, 0) is 12.8 Å². The molecule has 4 unspecified atom stereocenters. The maximum absolute atomic E-state index is 13.3. The summed E-state index contributed by atoms with van der Waals surface area (Å²) in [6.07, 6.45) is 51.4. The molecule has 2 aliphatic heterocycles. The van der Waals surface area contributed by atoms with Gasteiger partial charge < -0.3 is 65.1 Å². The third-order valence-corrected chi connectivity index (χ3v) is 18.6. The Bertz CT molecular complexity index is 1430. The van der Waals surface area contributed by atoms with Crippen LogP contribution in [0.5, 0.6) is 0 Å². The average molecular weight is 1210 g/mol. The Hall–Kier alpha value is -1.01. The van der Waals surface area contributed by atoms with E-state index in [9.17, 15) is 45.6 Å². The third-order valence-electron chi connectivity index (χ3n) is 18.6. The molecule has 0 aromatic heterocycles. The van der Waals surface area contributed by atoms with E-state index >= 15 is 0 Å². The average Bonchev–Trinajstić information content (AvgIpc) is 3.29. The molecule has 1 amide bonds. The zero-order valence-electron chi connectivity index (χ0n) is 55.1. The molecule has 0 aromatic carbocycles. The molecule has 9 N–H and O–H groups in total. The Morgan fingerprint density at radius 2 is 0.671 bits per heavy atom. The summed E-state index contributed by atoms with van der Waals surface area (Å²) in [7, 11) is 0. The second kappa shape index (κ2) is 56.9. The van der Waals surface area contributed by atoms with Gasteiger partial charge in [-0.15, -0.1) is 0 Å². The molecular formula is C71H139NO13. The minimum absolute atomic E-state index is 0.197. The Morgan fingerprint density at radius 3 is 1.00 bits per heavy atom. The Labute approximate surface area is 521 Å². The Kier molecular flexibility index (Phi) is 53.6. The van der Waals surface area contributed by atoms with Crippen molar-refractivity contribution in [3.63, 3.8) is 0 Å². The summed E-state index contributed by atoms with van der Waals surface area (Å²) < 4.78 is 22.9. The molecule has 506 valence electrons. The van der Waals surface area contributed by atoms with Crippen molar-refractivity contribution >= 4 is 5.91 Å². The van der Waals surface area contributed by atoms with E-state index in [1.54, 1.807) is 0 Å². The number of ether oxygens (including phenoxy) is 4. The molecule has 2 rings (SSSR count).